The molecule has 1 rings (SSSR count). The molecule has 1 atom stereocenters. The Morgan fingerprint density at radius 2 is 2.33 bits per heavy atom. The van der Waals surface area contributed by atoms with E-state index in [0.717, 1.165) is 5.82 Å². The van der Waals surface area contributed by atoms with Gasteiger partial charge < -0.3 is 10.1 Å². The van der Waals surface area contributed by atoms with Gasteiger partial charge in [0.25, 0.3) is 0 Å². The lowest BCUT2D eigenvalue weighted by molar-refractivity contribution is 0.398. The van der Waals surface area contributed by atoms with E-state index in [2.05, 4.69) is 10.3 Å². The number of ether oxygens (including phenoxy) is 1. The molecule has 1 aromatic rings. The van der Waals surface area contributed by atoms with Gasteiger partial charge in [-0.1, -0.05) is 13.0 Å². The smallest absolute Gasteiger partial charge is 0.214 e. The molecule has 0 saturated heterocycles. The summed E-state index contributed by atoms with van der Waals surface area (Å²) >= 11 is 0. The molecular weight excluding hydrogens is 212 g/mol. The summed E-state index contributed by atoms with van der Waals surface area (Å²) < 4.78 is 16.1. The Kier molecular flexibility index (Phi) is 5.10. The molecule has 84 valence electrons. The fourth-order valence-corrected chi connectivity index (χ4v) is 1.68. The SMILES string of the molecule is CCS(=O)CCNc1cccc(OC)n1. The second-order valence-corrected chi connectivity index (χ2v) is 4.79. The Bertz CT molecular complexity index is 331. The lowest BCUT2D eigenvalue weighted by atomic mass is 10.4. The first-order valence-electron chi connectivity index (χ1n) is 4.86. The molecule has 1 aromatic heterocycles. The molecule has 0 amide bonds. The predicted molar refractivity (Wildman–Crippen MR) is 62.8 cm³/mol. The van der Waals surface area contributed by atoms with E-state index in [1.165, 1.54) is 0 Å². The van der Waals surface area contributed by atoms with E-state index in [0.29, 0.717) is 23.9 Å². The van der Waals surface area contributed by atoms with Crippen LogP contribution in [0.4, 0.5) is 5.82 Å². The minimum absolute atomic E-state index is 0.580. The van der Waals surface area contributed by atoms with Crippen molar-refractivity contribution in [2.75, 3.05) is 30.5 Å². The minimum atomic E-state index is -0.729. The summed E-state index contributed by atoms with van der Waals surface area (Å²) in [7, 11) is 0.852. The summed E-state index contributed by atoms with van der Waals surface area (Å²) in [5.74, 6) is 2.68. The van der Waals surface area contributed by atoms with Gasteiger partial charge >= 0.3 is 0 Å². The highest BCUT2D eigenvalue weighted by Crippen LogP contribution is 2.09. The number of hydrogen-bond donors (Lipinski definition) is 1. The first-order chi connectivity index (χ1) is 7.26. The quantitative estimate of drug-likeness (QED) is 0.796. The average Bonchev–Trinajstić information content (AvgIpc) is 2.29. The van der Waals surface area contributed by atoms with E-state index in [-0.39, 0.29) is 0 Å². The molecule has 15 heavy (non-hydrogen) atoms. The first-order valence-corrected chi connectivity index (χ1v) is 6.35. The van der Waals surface area contributed by atoms with Gasteiger partial charge in [0.1, 0.15) is 5.82 Å². The fraction of sp³-hybridized carbons (Fsp3) is 0.500. The summed E-state index contributed by atoms with van der Waals surface area (Å²) in [6, 6.07) is 5.51. The van der Waals surface area contributed by atoms with Crippen LogP contribution in [0.25, 0.3) is 0 Å². The Labute approximate surface area is 92.5 Å². The summed E-state index contributed by atoms with van der Waals surface area (Å²) in [5, 5.41) is 3.10. The highest BCUT2D eigenvalue weighted by atomic mass is 32.2. The summed E-state index contributed by atoms with van der Waals surface area (Å²) in [6.07, 6.45) is 0. The van der Waals surface area contributed by atoms with Crippen molar-refractivity contribution in [3.63, 3.8) is 0 Å². The molecule has 0 aliphatic rings. The number of nitrogens with one attached hydrogen (secondary N) is 1. The van der Waals surface area contributed by atoms with Crippen LogP contribution in [0.15, 0.2) is 18.2 Å². The van der Waals surface area contributed by atoms with Gasteiger partial charge in [-0.15, -0.1) is 0 Å². The number of aromatic nitrogens is 1. The number of pyridine rings is 1. The fourth-order valence-electron chi connectivity index (χ4n) is 1.06. The summed E-state index contributed by atoms with van der Waals surface area (Å²) in [5.41, 5.74) is 0. The van der Waals surface area contributed by atoms with E-state index in [4.69, 9.17) is 4.74 Å². The standard InChI is InChI=1S/C10H16N2O2S/c1-3-15(13)8-7-11-9-5-4-6-10(12-9)14-2/h4-6H,3,7-8H2,1-2H3,(H,11,12). The lowest BCUT2D eigenvalue weighted by Crippen LogP contribution is -2.12. The zero-order chi connectivity index (χ0) is 11.1. The summed E-state index contributed by atoms with van der Waals surface area (Å²) in [6.45, 7) is 2.58. The molecule has 0 aliphatic carbocycles. The number of hydrogen-bond acceptors (Lipinski definition) is 4. The Morgan fingerprint density at radius 3 is 3.00 bits per heavy atom. The Morgan fingerprint density at radius 1 is 1.53 bits per heavy atom. The van der Waals surface area contributed by atoms with Gasteiger partial charge in [-0.3, -0.25) is 4.21 Å². The van der Waals surface area contributed by atoms with E-state index < -0.39 is 10.8 Å². The van der Waals surface area contributed by atoms with Crippen LogP contribution < -0.4 is 10.1 Å². The van der Waals surface area contributed by atoms with Crippen molar-refractivity contribution in [3.05, 3.63) is 18.2 Å². The Balaban J connectivity index is 2.40. The minimum Gasteiger partial charge on any atom is -0.481 e. The highest BCUT2D eigenvalue weighted by molar-refractivity contribution is 7.84. The molecular formula is C10H16N2O2S. The molecule has 0 spiro atoms. The van der Waals surface area contributed by atoms with Crippen molar-refractivity contribution in [3.8, 4) is 5.88 Å². The maximum atomic E-state index is 11.2. The molecule has 0 aromatic carbocycles. The van der Waals surface area contributed by atoms with E-state index in [1.807, 2.05) is 19.1 Å². The largest absolute Gasteiger partial charge is 0.481 e. The van der Waals surface area contributed by atoms with Crippen LogP contribution in [0, 0.1) is 0 Å². The molecule has 0 aliphatic heterocycles. The third-order valence-corrected chi connectivity index (χ3v) is 3.19. The van der Waals surface area contributed by atoms with E-state index in [9.17, 15) is 4.21 Å². The van der Waals surface area contributed by atoms with Gasteiger partial charge in [-0.25, -0.2) is 0 Å². The zero-order valence-corrected chi connectivity index (χ0v) is 9.84. The third-order valence-electron chi connectivity index (χ3n) is 1.89. The van der Waals surface area contributed by atoms with Crippen molar-refractivity contribution in [2.45, 2.75) is 6.92 Å². The van der Waals surface area contributed by atoms with Crippen molar-refractivity contribution in [2.24, 2.45) is 0 Å². The van der Waals surface area contributed by atoms with E-state index in [1.54, 1.807) is 13.2 Å². The van der Waals surface area contributed by atoms with Crippen LogP contribution in [0.5, 0.6) is 5.88 Å². The molecule has 0 radical (unpaired) electrons. The van der Waals surface area contributed by atoms with Crippen molar-refractivity contribution in [1.82, 2.24) is 4.98 Å². The van der Waals surface area contributed by atoms with E-state index >= 15 is 0 Å². The number of nitrogens with zero attached hydrogens (tertiary/aromatic N) is 1. The molecule has 4 nitrogen and oxygen atoms in total. The molecule has 0 bridgehead atoms. The van der Waals surface area contributed by atoms with Gasteiger partial charge in [-0.05, 0) is 6.07 Å². The van der Waals surface area contributed by atoms with Crippen molar-refractivity contribution >= 4 is 16.6 Å². The van der Waals surface area contributed by atoms with Crippen LogP contribution in [-0.2, 0) is 10.8 Å². The van der Waals surface area contributed by atoms with Crippen LogP contribution in [0.3, 0.4) is 0 Å². The van der Waals surface area contributed by atoms with Gasteiger partial charge in [0.2, 0.25) is 5.88 Å². The molecule has 0 fully saturated rings. The maximum absolute atomic E-state index is 11.2. The van der Waals surface area contributed by atoms with Crippen molar-refractivity contribution in [1.29, 1.82) is 0 Å². The number of anilines is 1. The van der Waals surface area contributed by atoms with Crippen LogP contribution in [0.1, 0.15) is 6.92 Å². The van der Waals surface area contributed by atoms with Crippen LogP contribution >= 0.6 is 0 Å². The first kappa shape index (κ1) is 12.0. The maximum Gasteiger partial charge on any atom is 0.214 e. The highest BCUT2D eigenvalue weighted by Gasteiger charge is 1.98. The zero-order valence-electron chi connectivity index (χ0n) is 9.03. The average molecular weight is 228 g/mol. The van der Waals surface area contributed by atoms with Gasteiger partial charge in [0, 0.05) is 34.9 Å². The lowest BCUT2D eigenvalue weighted by Gasteiger charge is -2.05. The predicted octanol–water partition coefficient (Wildman–Crippen LogP) is 1.27. The molecule has 1 unspecified atom stereocenters. The molecule has 1 N–H and O–H groups in total. The molecule has 1 heterocycles. The number of methoxy groups -OCH3 is 1. The van der Waals surface area contributed by atoms with Crippen LogP contribution in [0.2, 0.25) is 0 Å². The van der Waals surface area contributed by atoms with Crippen LogP contribution in [-0.4, -0.2) is 34.4 Å². The second kappa shape index (κ2) is 6.40. The molecule has 5 heteroatoms. The molecule has 0 saturated carbocycles. The van der Waals surface area contributed by atoms with Gasteiger partial charge in [-0.2, -0.15) is 4.98 Å². The second-order valence-electron chi connectivity index (χ2n) is 2.92. The van der Waals surface area contributed by atoms with Gasteiger partial charge in [0.15, 0.2) is 0 Å². The monoisotopic (exact) mass is 228 g/mol. The summed E-state index contributed by atoms with van der Waals surface area (Å²) in [4.78, 5) is 4.18. The topological polar surface area (TPSA) is 51.2 Å². The number of rotatable bonds is 6. The normalized spacial score (nSPS) is 12.1. The third kappa shape index (κ3) is 4.29. The van der Waals surface area contributed by atoms with Crippen molar-refractivity contribution < 1.29 is 8.95 Å². The Hall–Kier alpha value is -1.10. The van der Waals surface area contributed by atoms with Gasteiger partial charge in [0.05, 0.1) is 7.11 Å².